The van der Waals surface area contributed by atoms with Crippen LogP contribution in [-0.2, 0) is 11.3 Å². The van der Waals surface area contributed by atoms with E-state index in [1.807, 2.05) is 24.3 Å². The highest BCUT2D eigenvalue weighted by Gasteiger charge is 2.35. The number of carbonyl (C=O) groups excluding carboxylic acids is 1. The maximum Gasteiger partial charge on any atom is 0.226 e. The van der Waals surface area contributed by atoms with Gasteiger partial charge in [-0.15, -0.1) is 0 Å². The molecule has 1 aromatic rings. The number of nitrogens with one attached hydrogen (secondary N) is 1. The van der Waals surface area contributed by atoms with Gasteiger partial charge in [0.2, 0.25) is 5.91 Å². The maximum absolute atomic E-state index is 12.1. The molecular weight excluding hydrogens is 212 g/mol. The zero-order chi connectivity index (χ0) is 12.3. The van der Waals surface area contributed by atoms with Crippen LogP contribution in [0.3, 0.4) is 0 Å². The molecule has 1 amide bonds. The molecule has 3 heteroatoms. The Bertz CT molecular complexity index is 408. The first-order valence-corrected chi connectivity index (χ1v) is 6.23. The summed E-state index contributed by atoms with van der Waals surface area (Å²) < 4.78 is 0. The maximum atomic E-state index is 12.1. The molecule has 1 fully saturated rings. The van der Waals surface area contributed by atoms with Gasteiger partial charge in [0.05, 0.1) is 0 Å². The van der Waals surface area contributed by atoms with Gasteiger partial charge in [-0.1, -0.05) is 31.9 Å². The highest BCUT2D eigenvalue weighted by molar-refractivity contribution is 5.82. The zero-order valence-electron chi connectivity index (χ0n) is 10.3. The van der Waals surface area contributed by atoms with E-state index >= 15 is 0 Å². The Labute approximate surface area is 102 Å². The minimum absolute atomic E-state index is 0.152. The fraction of sp³-hybridized carbons (Fsp3) is 0.500. The van der Waals surface area contributed by atoms with Crippen molar-refractivity contribution in [3.05, 3.63) is 29.8 Å². The number of nitrogen functional groups attached to an aromatic ring is 1. The van der Waals surface area contributed by atoms with Crippen molar-refractivity contribution >= 4 is 11.6 Å². The second kappa shape index (κ2) is 4.78. The van der Waals surface area contributed by atoms with Gasteiger partial charge in [0.1, 0.15) is 0 Å². The van der Waals surface area contributed by atoms with Gasteiger partial charge in [0.25, 0.3) is 0 Å². The van der Waals surface area contributed by atoms with Crippen LogP contribution >= 0.6 is 0 Å². The van der Waals surface area contributed by atoms with Crippen LogP contribution in [0.25, 0.3) is 0 Å². The Balaban J connectivity index is 1.92. The first kappa shape index (κ1) is 12.0. The third-order valence-corrected chi connectivity index (χ3v) is 3.66. The van der Waals surface area contributed by atoms with Crippen LogP contribution in [0.5, 0.6) is 0 Å². The third kappa shape index (κ3) is 2.78. The van der Waals surface area contributed by atoms with Crippen molar-refractivity contribution in [1.29, 1.82) is 0 Å². The molecule has 0 radical (unpaired) electrons. The van der Waals surface area contributed by atoms with Crippen molar-refractivity contribution in [2.45, 2.75) is 39.2 Å². The van der Waals surface area contributed by atoms with E-state index in [0.717, 1.165) is 24.1 Å². The average molecular weight is 232 g/mol. The molecule has 17 heavy (non-hydrogen) atoms. The van der Waals surface area contributed by atoms with Gasteiger partial charge in [0, 0.05) is 17.6 Å². The Hall–Kier alpha value is -1.51. The van der Waals surface area contributed by atoms with E-state index in [0.29, 0.717) is 6.54 Å². The summed E-state index contributed by atoms with van der Waals surface area (Å²) in [5.41, 5.74) is 7.34. The number of anilines is 1. The summed E-state index contributed by atoms with van der Waals surface area (Å²) in [5, 5.41) is 3.01. The smallest absolute Gasteiger partial charge is 0.226 e. The summed E-state index contributed by atoms with van der Waals surface area (Å²) in [5.74, 6) is 0.178. The second-order valence-electron chi connectivity index (χ2n) is 5.20. The number of amides is 1. The average Bonchev–Trinajstić information content (AvgIpc) is 2.74. The lowest BCUT2D eigenvalue weighted by Crippen LogP contribution is -2.36. The molecule has 0 aliphatic heterocycles. The molecule has 1 saturated carbocycles. The van der Waals surface area contributed by atoms with Gasteiger partial charge in [-0.05, 0) is 30.5 Å². The highest BCUT2D eigenvalue weighted by atomic mass is 16.2. The number of hydrogen-bond acceptors (Lipinski definition) is 2. The third-order valence-electron chi connectivity index (χ3n) is 3.66. The second-order valence-corrected chi connectivity index (χ2v) is 5.20. The van der Waals surface area contributed by atoms with Crippen molar-refractivity contribution in [3.8, 4) is 0 Å². The predicted molar refractivity (Wildman–Crippen MR) is 69.3 cm³/mol. The van der Waals surface area contributed by atoms with Crippen LogP contribution in [0.15, 0.2) is 24.3 Å². The molecule has 1 aromatic carbocycles. The number of carbonyl (C=O) groups is 1. The molecule has 3 nitrogen and oxygen atoms in total. The van der Waals surface area contributed by atoms with E-state index in [2.05, 4.69) is 12.2 Å². The number of rotatable bonds is 3. The molecule has 0 unspecified atom stereocenters. The summed E-state index contributed by atoms with van der Waals surface area (Å²) in [7, 11) is 0. The largest absolute Gasteiger partial charge is 0.399 e. The zero-order valence-corrected chi connectivity index (χ0v) is 10.3. The fourth-order valence-electron chi connectivity index (χ4n) is 2.48. The molecule has 0 saturated heterocycles. The van der Waals surface area contributed by atoms with E-state index in [1.54, 1.807) is 0 Å². The summed E-state index contributed by atoms with van der Waals surface area (Å²) in [4.78, 5) is 12.1. The summed E-state index contributed by atoms with van der Waals surface area (Å²) in [6.07, 6.45) is 4.36. The van der Waals surface area contributed by atoms with Crippen molar-refractivity contribution in [1.82, 2.24) is 5.32 Å². The van der Waals surface area contributed by atoms with Crippen molar-refractivity contribution in [2.75, 3.05) is 5.73 Å². The van der Waals surface area contributed by atoms with Crippen molar-refractivity contribution in [3.63, 3.8) is 0 Å². The van der Waals surface area contributed by atoms with Gasteiger partial charge < -0.3 is 11.1 Å². The van der Waals surface area contributed by atoms with Crippen LogP contribution < -0.4 is 11.1 Å². The van der Waals surface area contributed by atoms with Gasteiger partial charge in [-0.2, -0.15) is 0 Å². The molecule has 0 bridgehead atoms. The molecule has 0 spiro atoms. The number of benzene rings is 1. The topological polar surface area (TPSA) is 55.1 Å². The molecule has 0 atom stereocenters. The van der Waals surface area contributed by atoms with E-state index < -0.39 is 0 Å². The summed E-state index contributed by atoms with van der Waals surface area (Å²) >= 11 is 0. The van der Waals surface area contributed by atoms with Gasteiger partial charge in [-0.25, -0.2) is 0 Å². The molecule has 2 rings (SSSR count). The summed E-state index contributed by atoms with van der Waals surface area (Å²) in [6.45, 7) is 2.63. The van der Waals surface area contributed by atoms with E-state index in [-0.39, 0.29) is 11.3 Å². The monoisotopic (exact) mass is 232 g/mol. The first-order valence-electron chi connectivity index (χ1n) is 6.23. The van der Waals surface area contributed by atoms with Gasteiger partial charge in [0.15, 0.2) is 0 Å². The minimum Gasteiger partial charge on any atom is -0.399 e. The van der Waals surface area contributed by atoms with E-state index in [1.165, 1.54) is 12.8 Å². The van der Waals surface area contributed by atoms with E-state index in [4.69, 9.17) is 5.73 Å². The first-order chi connectivity index (χ1) is 8.10. The van der Waals surface area contributed by atoms with Crippen molar-refractivity contribution < 1.29 is 4.79 Å². The molecular formula is C14H20N2O. The molecule has 0 heterocycles. The Morgan fingerprint density at radius 3 is 2.76 bits per heavy atom. The van der Waals surface area contributed by atoms with Crippen LogP contribution in [0.1, 0.15) is 38.2 Å². The quantitative estimate of drug-likeness (QED) is 0.786. The number of hydrogen-bond donors (Lipinski definition) is 2. The lowest BCUT2D eigenvalue weighted by Gasteiger charge is -2.22. The van der Waals surface area contributed by atoms with Crippen LogP contribution in [0, 0.1) is 5.41 Å². The molecule has 92 valence electrons. The van der Waals surface area contributed by atoms with E-state index in [9.17, 15) is 4.79 Å². The van der Waals surface area contributed by atoms with Crippen molar-refractivity contribution in [2.24, 2.45) is 5.41 Å². The van der Waals surface area contributed by atoms with Gasteiger partial charge >= 0.3 is 0 Å². The molecule has 3 N–H and O–H groups in total. The summed E-state index contributed by atoms with van der Waals surface area (Å²) in [6, 6.07) is 7.64. The standard InChI is InChI=1S/C14H20N2O/c1-14(7-2-3-8-14)13(17)16-10-11-5-4-6-12(15)9-11/h4-6,9H,2-3,7-8,10,15H2,1H3,(H,16,17). The Morgan fingerprint density at radius 1 is 1.41 bits per heavy atom. The number of nitrogens with two attached hydrogens (primary N) is 1. The molecule has 1 aliphatic rings. The molecule has 1 aliphatic carbocycles. The van der Waals surface area contributed by atoms with Crippen LogP contribution in [0.2, 0.25) is 0 Å². The Kier molecular flexibility index (Phi) is 3.36. The SMILES string of the molecule is CC1(C(=O)NCc2cccc(N)c2)CCCC1. The fourth-order valence-corrected chi connectivity index (χ4v) is 2.48. The highest BCUT2D eigenvalue weighted by Crippen LogP contribution is 2.37. The predicted octanol–water partition coefficient (Wildman–Crippen LogP) is 2.47. The normalized spacial score (nSPS) is 17.9. The minimum atomic E-state index is -0.152. The van der Waals surface area contributed by atoms with Crippen LogP contribution in [-0.4, -0.2) is 5.91 Å². The lowest BCUT2D eigenvalue weighted by molar-refractivity contribution is -0.130. The van der Waals surface area contributed by atoms with Crippen LogP contribution in [0.4, 0.5) is 5.69 Å². The van der Waals surface area contributed by atoms with Gasteiger partial charge in [-0.3, -0.25) is 4.79 Å². The lowest BCUT2D eigenvalue weighted by atomic mass is 9.88. The Morgan fingerprint density at radius 2 is 2.12 bits per heavy atom. The molecule has 0 aromatic heterocycles.